The first kappa shape index (κ1) is 25.6. The Morgan fingerprint density at radius 3 is 2.67 bits per heavy atom. The van der Waals surface area contributed by atoms with E-state index in [0.29, 0.717) is 29.9 Å². The van der Waals surface area contributed by atoms with Crippen LogP contribution in [0.2, 0.25) is 0 Å². The summed E-state index contributed by atoms with van der Waals surface area (Å²) in [6.07, 6.45) is 10.9. The Hall–Kier alpha value is -3.67. The van der Waals surface area contributed by atoms with E-state index in [0.717, 1.165) is 40.7 Å². The first-order valence-electron chi connectivity index (χ1n) is 11.2. The lowest BCUT2D eigenvalue weighted by molar-refractivity contribution is -0.113. The van der Waals surface area contributed by atoms with Gasteiger partial charge < -0.3 is 10.1 Å². The fourth-order valence-electron chi connectivity index (χ4n) is 4.04. The molecule has 1 aliphatic carbocycles. The molecule has 1 aliphatic rings. The van der Waals surface area contributed by atoms with Gasteiger partial charge in [-0.2, -0.15) is 5.26 Å². The third-order valence-electron chi connectivity index (χ3n) is 5.44. The molecule has 0 aromatic heterocycles. The largest absolute Gasteiger partial charge is 0.485 e. The highest BCUT2D eigenvalue weighted by Crippen LogP contribution is 2.41. The number of carbonyl (C=O) groups is 1. The summed E-state index contributed by atoms with van der Waals surface area (Å²) in [6, 6.07) is 7.92. The van der Waals surface area contributed by atoms with Crippen LogP contribution in [0.5, 0.6) is 0 Å². The molecule has 0 amide bonds. The van der Waals surface area contributed by atoms with Gasteiger partial charge in [-0.05, 0) is 80.5 Å². The molecule has 0 saturated heterocycles. The minimum atomic E-state index is -0.390. The van der Waals surface area contributed by atoms with Gasteiger partial charge in [-0.15, -0.1) is 0 Å². The molecule has 0 heterocycles. The van der Waals surface area contributed by atoms with Crippen LogP contribution in [-0.2, 0) is 16.0 Å². The number of nitriles is 1. The van der Waals surface area contributed by atoms with E-state index in [1.54, 1.807) is 25.1 Å². The monoisotopic (exact) mass is 440 g/mol. The molecule has 33 heavy (non-hydrogen) atoms. The topological polar surface area (TPSA) is 73.9 Å². The summed E-state index contributed by atoms with van der Waals surface area (Å²) < 4.78 is 6.07. The summed E-state index contributed by atoms with van der Waals surface area (Å²) in [4.78, 5) is 13.0. The summed E-state index contributed by atoms with van der Waals surface area (Å²) in [6.45, 7) is 11.9. The van der Waals surface area contributed by atoms with Crippen molar-refractivity contribution in [2.24, 2.45) is 0 Å². The number of benzene rings is 1. The second kappa shape index (κ2) is 12.4. The summed E-state index contributed by atoms with van der Waals surface area (Å²) >= 11 is 0. The van der Waals surface area contributed by atoms with Gasteiger partial charge in [-0.3, -0.25) is 4.79 Å². The van der Waals surface area contributed by atoms with Crippen molar-refractivity contribution in [3.8, 4) is 6.07 Å². The number of Topliss-reactive ketones (excluding diaryl/α,β-unsaturated/α-hetero) is 1. The number of aryl methyl sites for hydroxylation is 1. The third kappa shape index (κ3) is 6.42. The van der Waals surface area contributed by atoms with Crippen molar-refractivity contribution in [2.75, 3.05) is 6.61 Å². The second-order valence-electron chi connectivity index (χ2n) is 8.13. The molecule has 0 fully saturated rings. The van der Waals surface area contributed by atoms with E-state index >= 15 is 0 Å². The first-order valence-corrected chi connectivity index (χ1v) is 11.2. The van der Waals surface area contributed by atoms with Crippen LogP contribution in [0.4, 0.5) is 0 Å². The van der Waals surface area contributed by atoms with Crippen LogP contribution in [0, 0.1) is 16.7 Å². The van der Waals surface area contributed by atoms with E-state index in [2.05, 4.69) is 25.3 Å². The molecule has 0 bridgehead atoms. The fraction of sp³-hybridized carbons (Fsp3) is 0.310. The van der Waals surface area contributed by atoms with Crippen molar-refractivity contribution < 1.29 is 9.53 Å². The predicted molar refractivity (Wildman–Crippen MR) is 134 cm³/mol. The molecule has 1 aromatic rings. The number of hydrogen-bond donors (Lipinski definition) is 1. The number of nitrogens with zero attached hydrogens (tertiary/aromatic N) is 1. The Bertz CT molecular complexity index is 1130. The number of ether oxygens (including phenoxy) is 1. The molecule has 0 spiro atoms. The average molecular weight is 441 g/mol. The maximum Gasteiger partial charge on any atom is 0.166 e. The van der Waals surface area contributed by atoms with E-state index in [1.165, 1.54) is 6.21 Å². The van der Waals surface area contributed by atoms with Crippen LogP contribution in [0.15, 0.2) is 82.9 Å². The zero-order chi connectivity index (χ0) is 24.4. The summed E-state index contributed by atoms with van der Waals surface area (Å²) in [5.74, 6) is 0.143. The van der Waals surface area contributed by atoms with Crippen LogP contribution in [0.1, 0.15) is 63.1 Å². The maximum absolute atomic E-state index is 13.0. The molecule has 1 atom stereocenters. The molecule has 4 heteroatoms. The maximum atomic E-state index is 13.0. The van der Waals surface area contributed by atoms with Crippen LogP contribution in [0.25, 0.3) is 0 Å². The Morgan fingerprint density at radius 2 is 2.09 bits per heavy atom. The smallest absolute Gasteiger partial charge is 0.166 e. The van der Waals surface area contributed by atoms with Gasteiger partial charge in [-0.25, -0.2) is 0 Å². The molecule has 1 N–H and O–H groups in total. The normalized spacial score (nSPS) is 13.5. The molecule has 2 rings (SSSR count). The number of nitrogens with one attached hydrogen (secondary N) is 1. The Labute approximate surface area is 197 Å². The van der Waals surface area contributed by atoms with Gasteiger partial charge in [0.1, 0.15) is 0 Å². The third-order valence-corrected chi connectivity index (χ3v) is 5.44. The lowest BCUT2D eigenvalue weighted by Crippen LogP contribution is -2.18. The lowest BCUT2D eigenvalue weighted by Gasteiger charge is -2.27. The Balaban J connectivity index is 2.87. The molecule has 1 unspecified atom stereocenters. The molecule has 1 aromatic carbocycles. The van der Waals surface area contributed by atoms with Gasteiger partial charge in [0.05, 0.1) is 18.2 Å². The van der Waals surface area contributed by atoms with Crippen LogP contribution >= 0.6 is 0 Å². The SMILES string of the molecule is C=CC1=CC=C=C(OCCC=N)C(C(C(C(C)=O)=C(C)C)c2ccc(C#N)cc2CCC)=C1. The molecule has 170 valence electrons. The molecule has 0 aliphatic heterocycles. The first-order chi connectivity index (χ1) is 15.9. The van der Waals surface area contributed by atoms with Crippen LogP contribution in [0.3, 0.4) is 0 Å². The summed E-state index contributed by atoms with van der Waals surface area (Å²) in [5, 5.41) is 16.8. The lowest BCUT2D eigenvalue weighted by atomic mass is 9.77. The van der Waals surface area contributed by atoms with Crippen molar-refractivity contribution in [1.82, 2.24) is 0 Å². The molecular formula is C29H32N2O2. The van der Waals surface area contributed by atoms with Gasteiger partial charge >= 0.3 is 0 Å². The van der Waals surface area contributed by atoms with Gasteiger partial charge in [-0.1, -0.05) is 43.4 Å². The average Bonchev–Trinajstić information content (AvgIpc) is 2.99. The zero-order valence-corrected chi connectivity index (χ0v) is 20.0. The number of allylic oxidation sites excluding steroid dienone is 7. The standard InChI is InChI=1S/C29H32N2O2/c1-6-10-24-17-23(19-31)13-14-25(24)29(28(20(3)4)21(5)32)26-18-22(7-2)11-8-12-27(26)33-16-9-15-30/h7-8,11,13-15,17-18,29-30H,2,6,9-10,16H2,1,3-5H3. The van der Waals surface area contributed by atoms with E-state index in [-0.39, 0.29) is 11.7 Å². The van der Waals surface area contributed by atoms with Crippen molar-refractivity contribution >= 4 is 12.0 Å². The van der Waals surface area contributed by atoms with Crippen molar-refractivity contribution in [1.29, 1.82) is 10.7 Å². The zero-order valence-electron chi connectivity index (χ0n) is 20.0. The van der Waals surface area contributed by atoms with Crippen molar-refractivity contribution in [3.63, 3.8) is 0 Å². The summed E-state index contributed by atoms with van der Waals surface area (Å²) in [7, 11) is 0. The highest BCUT2D eigenvalue weighted by atomic mass is 16.5. The Kier molecular flexibility index (Phi) is 9.61. The molecule has 0 radical (unpaired) electrons. The number of ketones is 1. The highest BCUT2D eigenvalue weighted by Gasteiger charge is 2.30. The molecule has 4 nitrogen and oxygen atoms in total. The van der Waals surface area contributed by atoms with Gasteiger partial charge in [0.25, 0.3) is 0 Å². The number of carbonyl (C=O) groups excluding carboxylic acids is 1. The predicted octanol–water partition coefficient (Wildman–Crippen LogP) is 6.67. The minimum Gasteiger partial charge on any atom is -0.485 e. The van der Waals surface area contributed by atoms with Crippen molar-refractivity contribution in [2.45, 2.75) is 52.9 Å². The van der Waals surface area contributed by atoms with Gasteiger partial charge in [0, 0.05) is 23.5 Å². The van der Waals surface area contributed by atoms with E-state index in [9.17, 15) is 10.1 Å². The van der Waals surface area contributed by atoms with Crippen LogP contribution < -0.4 is 0 Å². The summed E-state index contributed by atoms with van der Waals surface area (Å²) in [5.41, 5.74) is 9.17. The number of rotatable bonds is 11. The van der Waals surface area contributed by atoms with Gasteiger partial charge in [0.2, 0.25) is 0 Å². The van der Waals surface area contributed by atoms with Crippen molar-refractivity contribution in [3.05, 3.63) is 99.6 Å². The van der Waals surface area contributed by atoms with Gasteiger partial charge in [0.15, 0.2) is 11.5 Å². The molecule has 0 saturated carbocycles. The van der Waals surface area contributed by atoms with E-state index in [1.807, 2.05) is 38.1 Å². The number of hydrogen-bond acceptors (Lipinski definition) is 4. The Morgan fingerprint density at radius 1 is 1.33 bits per heavy atom. The van der Waals surface area contributed by atoms with E-state index < -0.39 is 0 Å². The minimum absolute atomic E-state index is 0.0103. The van der Waals surface area contributed by atoms with Crippen LogP contribution in [-0.4, -0.2) is 18.6 Å². The van der Waals surface area contributed by atoms with E-state index in [4.69, 9.17) is 10.1 Å². The molecular weight excluding hydrogens is 408 g/mol. The second-order valence-corrected chi connectivity index (χ2v) is 8.13. The quantitative estimate of drug-likeness (QED) is 0.181. The fourth-order valence-corrected chi connectivity index (χ4v) is 4.04. The highest BCUT2D eigenvalue weighted by molar-refractivity contribution is 5.96.